The highest BCUT2D eigenvalue weighted by atomic mass is 35.5. The van der Waals surface area contributed by atoms with E-state index in [1.54, 1.807) is 0 Å². The fraction of sp³-hybridized carbons (Fsp3) is 0.714. The first-order chi connectivity index (χ1) is 6.29. The van der Waals surface area contributed by atoms with Gasteiger partial charge in [0.15, 0.2) is 0 Å². The number of alkyl halides is 5. The summed E-state index contributed by atoms with van der Waals surface area (Å²) in [5.74, 6) is 0. The Morgan fingerprint density at radius 3 is 1.29 bits per heavy atom. The van der Waals surface area contributed by atoms with Crippen LogP contribution in [0.4, 0.5) is 0 Å². The van der Waals surface area contributed by atoms with Gasteiger partial charge < -0.3 is 0 Å². The van der Waals surface area contributed by atoms with Crippen LogP contribution in [0.3, 0.4) is 0 Å². The lowest BCUT2D eigenvalue weighted by Gasteiger charge is -2.29. The number of hydrogen-bond acceptors (Lipinski definition) is 0. The summed E-state index contributed by atoms with van der Waals surface area (Å²) in [4.78, 5) is -2.31. The minimum absolute atomic E-state index is 0.202. The third-order valence-electron chi connectivity index (χ3n) is 2.66. The summed E-state index contributed by atoms with van der Waals surface area (Å²) in [6.45, 7) is 0. The summed E-state index contributed by atoms with van der Waals surface area (Å²) < 4.78 is 0. The lowest BCUT2D eigenvalue weighted by Crippen LogP contribution is -2.38. The fourth-order valence-corrected chi connectivity index (χ4v) is 5.35. The van der Waals surface area contributed by atoms with Gasteiger partial charge in [-0.15, -0.1) is 58.0 Å². The molecule has 1 saturated carbocycles. The zero-order valence-corrected chi connectivity index (χ0v) is 11.7. The zero-order chi connectivity index (χ0) is 10.9. The monoisotopic (exact) mass is 332 g/mol. The van der Waals surface area contributed by atoms with Crippen molar-refractivity contribution in [2.24, 2.45) is 0 Å². The quantitative estimate of drug-likeness (QED) is 0.573. The first-order valence-electron chi connectivity index (χ1n) is 3.65. The predicted octanol–water partition coefficient (Wildman–Crippen LogP) is 4.48. The molecule has 0 aromatic rings. The normalized spacial score (nSPS) is 57.2. The second-order valence-corrected chi connectivity index (χ2v) is 6.71. The Balaban J connectivity index is 2.66. The molecular weight excluding hydrogens is 332 g/mol. The molecule has 7 heteroatoms. The van der Waals surface area contributed by atoms with Gasteiger partial charge in [0.1, 0.15) is 9.75 Å². The molecule has 3 unspecified atom stereocenters. The predicted molar refractivity (Wildman–Crippen MR) is 64.8 cm³/mol. The van der Waals surface area contributed by atoms with Crippen LogP contribution in [0.25, 0.3) is 0 Å². The van der Waals surface area contributed by atoms with Crippen molar-refractivity contribution in [2.45, 2.75) is 25.9 Å². The lowest BCUT2D eigenvalue weighted by atomic mass is 10.1. The van der Waals surface area contributed by atoms with Gasteiger partial charge in [-0.3, -0.25) is 0 Å². The average Bonchev–Trinajstić information content (AvgIpc) is 2.37. The van der Waals surface area contributed by atoms with Crippen LogP contribution in [0.2, 0.25) is 0 Å². The van der Waals surface area contributed by atoms with E-state index in [0.717, 1.165) is 0 Å². The van der Waals surface area contributed by atoms with E-state index in [9.17, 15) is 0 Å². The Kier molecular flexibility index (Phi) is 2.96. The van der Waals surface area contributed by atoms with E-state index < -0.39 is 25.9 Å². The van der Waals surface area contributed by atoms with Crippen LogP contribution in [-0.4, -0.2) is 25.9 Å². The Hall–Kier alpha value is 1.77. The second kappa shape index (κ2) is 3.38. The van der Waals surface area contributed by atoms with Gasteiger partial charge in [0.25, 0.3) is 0 Å². The summed E-state index contributed by atoms with van der Waals surface area (Å²) in [5.41, 5.74) is 0. The molecule has 2 aliphatic carbocycles. The van der Waals surface area contributed by atoms with Crippen LogP contribution in [0.15, 0.2) is 10.1 Å². The minimum Gasteiger partial charge on any atom is -0.119 e. The van der Waals surface area contributed by atoms with Crippen LogP contribution >= 0.6 is 81.2 Å². The van der Waals surface area contributed by atoms with Crippen molar-refractivity contribution in [1.29, 1.82) is 0 Å². The molecule has 0 saturated heterocycles. The number of halogens is 7. The number of fused-ring (bicyclic) bond motifs is 2. The molecule has 0 aromatic carbocycles. The molecule has 5 atom stereocenters. The Morgan fingerprint density at radius 1 is 0.786 bits per heavy atom. The Morgan fingerprint density at radius 2 is 1.07 bits per heavy atom. The maximum atomic E-state index is 6.22. The topological polar surface area (TPSA) is 0 Å². The van der Waals surface area contributed by atoms with E-state index in [1.807, 2.05) is 0 Å². The molecule has 1 fully saturated rings. The van der Waals surface area contributed by atoms with Crippen molar-refractivity contribution in [1.82, 2.24) is 0 Å². The molecule has 80 valence electrons. The van der Waals surface area contributed by atoms with E-state index in [0.29, 0.717) is 0 Å². The summed E-state index contributed by atoms with van der Waals surface area (Å²) in [7, 11) is 0. The number of allylic oxidation sites excluding steroid dienone is 2. The molecule has 0 spiro atoms. The van der Waals surface area contributed by atoms with Crippen molar-refractivity contribution in [3.8, 4) is 0 Å². The van der Waals surface area contributed by atoms with Crippen LogP contribution in [0.1, 0.15) is 0 Å². The van der Waals surface area contributed by atoms with Crippen molar-refractivity contribution >= 4 is 81.2 Å². The van der Waals surface area contributed by atoms with Crippen LogP contribution < -0.4 is 0 Å². The standard InChI is InChI=1S/C7H3Cl7/c8-1-2(9)7(14)4(11)3(10)6(1,13)5(7)12/h1-2,5H/t1?,2?,5?,6-,7+. The summed E-state index contributed by atoms with van der Waals surface area (Å²) in [6.07, 6.45) is 0. The third-order valence-corrected chi connectivity index (χ3v) is 7.70. The SMILES string of the molecule is ClC1=C(Cl)[C@]2(Cl)C(Cl)C(Cl)[C@@]1(Cl)C2Cl. The molecule has 0 amide bonds. The summed E-state index contributed by atoms with van der Waals surface area (Å²) in [5, 5.41) is -1.58. The third kappa shape index (κ3) is 1.07. The first-order valence-corrected chi connectivity index (χ1v) is 6.47. The average molecular weight is 335 g/mol. The maximum Gasteiger partial charge on any atom is 0.117 e. The van der Waals surface area contributed by atoms with Crippen molar-refractivity contribution < 1.29 is 0 Å². The smallest absolute Gasteiger partial charge is 0.117 e. The largest absolute Gasteiger partial charge is 0.119 e. The second-order valence-electron chi connectivity index (χ2n) is 3.33. The Labute approximate surface area is 116 Å². The molecule has 0 aliphatic heterocycles. The zero-order valence-electron chi connectivity index (χ0n) is 6.38. The van der Waals surface area contributed by atoms with Crippen molar-refractivity contribution in [2.75, 3.05) is 0 Å². The van der Waals surface area contributed by atoms with Gasteiger partial charge in [-0.2, -0.15) is 0 Å². The summed E-state index contributed by atoms with van der Waals surface area (Å²) in [6, 6.07) is 0. The molecule has 0 nitrogen and oxygen atoms in total. The van der Waals surface area contributed by atoms with E-state index in [4.69, 9.17) is 81.2 Å². The maximum absolute atomic E-state index is 6.22. The molecule has 0 N–H and O–H groups in total. The van der Waals surface area contributed by atoms with Crippen molar-refractivity contribution in [3.05, 3.63) is 10.1 Å². The fourth-order valence-electron chi connectivity index (χ4n) is 1.81. The molecule has 0 aromatic heterocycles. The minimum atomic E-state index is -1.16. The van der Waals surface area contributed by atoms with Gasteiger partial charge in [-0.1, -0.05) is 23.2 Å². The van der Waals surface area contributed by atoms with Crippen LogP contribution in [-0.2, 0) is 0 Å². The van der Waals surface area contributed by atoms with E-state index in [1.165, 1.54) is 0 Å². The van der Waals surface area contributed by atoms with Crippen molar-refractivity contribution in [3.63, 3.8) is 0 Å². The van der Waals surface area contributed by atoms with E-state index in [2.05, 4.69) is 0 Å². The lowest BCUT2D eigenvalue weighted by molar-refractivity contribution is 0.742. The van der Waals surface area contributed by atoms with Gasteiger partial charge >= 0.3 is 0 Å². The molecule has 2 bridgehead atoms. The molecular formula is C7H3Cl7. The highest BCUT2D eigenvalue weighted by molar-refractivity contribution is 6.59. The highest BCUT2D eigenvalue weighted by Gasteiger charge is 2.74. The number of hydrogen-bond donors (Lipinski definition) is 0. The van der Waals surface area contributed by atoms with Gasteiger partial charge in [-0.25, -0.2) is 0 Å². The first kappa shape index (κ1) is 12.2. The van der Waals surface area contributed by atoms with Gasteiger partial charge in [0.05, 0.1) is 26.2 Å². The molecule has 0 radical (unpaired) electrons. The van der Waals surface area contributed by atoms with E-state index in [-0.39, 0.29) is 10.1 Å². The summed E-state index contributed by atoms with van der Waals surface area (Å²) >= 11 is 42.5. The molecule has 14 heavy (non-hydrogen) atoms. The van der Waals surface area contributed by atoms with Gasteiger partial charge in [0.2, 0.25) is 0 Å². The van der Waals surface area contributed by atoms with Gasteiger partial charge in [-0.05, 0) is 0 Å². The van der Waals surface area contributed by atoms with Crippen LogP contribution in [0.5, 0.6) is 0 Å². The molecule has 0 heterocycles. The number of rotatable bonds is 0. The molecule has 2 aliphatic rings. The molecule has 2 rings (SSSR count). The van der Waals surface area contributed by atoms with Crippen LogP contribution in [0, 0.1) is 0 Å². The van der Waals surface area contributed by atoms with Gasteiger partial charge in [0, 0.05) is 0 Å². The van der Waals surface area contributed by atoms with E-state index >= 15 is 0 Å². The Bertz CT molecular complexity index is 296. The highest BCUT2D eigenvalue weighted by Crippen LogP contribution is 2.67.